The lowest BCUT2D eigenvalue weighted by Gasteiger charge is -2.24. The van der Waals surface area contributed by atoms with Crippen LogP contribution in [0.15, 0.2) is 12.1 Å². The molecule has 3 heteroatoms. The third-order valence-corrected chi connectivity index (χ3v) is 2.98. The van der Waals surface area contributed by atoms with E-state index in [1.807, 2.05) is 33.8 Å². The number of esters is 1. The van der Waals surface area contributed by atoms with E-state index >= 15 is 0 Å². The first-order valence-electron chi connectivity index (χ1n) is 6.43. The molecule has 1 aromatic rings. The van der Waals surface area contributed by atoms with Crippen molar-refractivity contribution in [1.29, 1.82) is 0 Å². The van der Waals surface area contributed by atoms with E-state index in [1.165, 1.54) is 5.56 Å². The van der Waals surface area contributed by atoms with Gasteiger partial charge in [-0.2, -0.15) is 0 Å². The second-order valence-electron chi connectivity index (χ2n) is 5.88. The Kier molecular flexibility index (Phi) is 3.44. The number of carbonyl (C=O) groups is 1. The number of hydrogen-bond donors (Lipinski definition) is 1. The maximum Gasteiger partial charge on any atom is 0.338 e. The highest BCUT2D eigenvalue weighted by Crippen LogP contribution is 2.23. The lowest BCUT2D eigenvalue weighted by molar-refractivity contribution is 0.00678. The number of benzene rings is 1. The van der Waals surface area contributed by atoms with Gasteiger partial charge in [0.05, 0.1) is 5.56 Å². The topological polar surface area (TPSA) is 38.3 Å². The Morgan fingerprint density at radius 1 is 1.33 bits per heavy atom. The van der Waals surface area contributed by atoms with Crippen molar-refractivity contribution in [1.82, 2.24) is 5.32 Å². The number of aryl methyl sites for hydroxylation is 1. The smallest absolute Gasteiger partial charge is 0.338 e. The third-order valence-electron chi connectivity index (χ3n) is 2.98. The number of carbonyl (C=O) groups excluding carboxylic acids is 1. The monoisotopic (exact) mass is 247 g/mol. The molecule has 1 heterocycles. The summed E-state index contributed by atoms with van der Waals surface area (Å²) in [5.74, 6) is -0.217. The van der Waals surface area contributed by atoms with Crippen LogP contribution in [0.5, 0.6) is 0 Å². The van der Waals surface area contributed by atoms with E-state index < -0.39 is 5.60 Å². The van der Waals surface area contributed by atoms with E-state index in [1.54, 1.807) is 0 Å². The van der Waals surface area contributed by atoms with E-state index in [0.29, 0.717) is 5.56 Å². The molecule has 3 nitrogen and oxygen atoms in total. The van der Waals surface area contributed by atoms with Gasteiger partial charge in [-0.3, -0.25) is 0 Å². The summed E-state index contributed by atoms with van der Waals surface area (Å²) in [5, 5.41) is 3.31. The zero-order valence-electron chi connectivity index (χ0n) is 11.6. The van der Waals surface area contributed by atoms with E-state index in [9.17, 15) is 4.79 Å². The van der Waals surface area contributed by atoms with Gasteiger partial charge in [-0.05, 0) is 63.4 Å². The summed E-state index contributed by atoms with van der Waals surface area (Å²) in [6.07, 6.45) is 0.979. The fourth-order valence-electron chi connectivity index (χ4n) is 2.27. The average Bonchev–Trinajstić information content (AvgIpc) is 2.25. The molecule has 1 aliphatic rings. The summed E-state index contributed by atoms with van der Waals surface area (Å²) in [5.41, 5.74) is 3.76. The number of fused-ring (bicyclic) bond motifs is 1. The van der Waals surface area contributed by atoms with Crippen LogP contribution in [-0.2, 0) is 17.7 Å². The van der Waals surface area contributed by atoms with Crippen LogP contribution < -0.4 is 5.32 Å². The van der Waals surface area contributed by atoms with Crippen molar-refractivity contribution in [3.63, 3.8) is 0 Å². The zero-order chi connectivity index (χ0) is 13.3. The van der Waals surface area contributed by atoms with Gasteiger partial charge in [0.25, 0.3) is 0 Å². The Morgan fingerprint density at radius 3 is 2.72 bits per heavy atom. The molecule has 0 unspecified atom stereocenters. The van der Waals surface area contributed by atoms with Gasteiger partial charge in [0.15, 0.2) is 0 Å². The Morgan fingerprint density at radius 2 is 2.06 bits per heavy atom. The van der Waals surface area contributed by atoms with Crippen molar-refractivity contribution in [2.75, 3.05) is 6.54 Å². The van der Waals surface area contributed by atoms with Gasteiger partial charge in [0, 0.05) is 6.54 Å². The molecule has 0 bridgehead atoms. The molecule has 0 aliphatic carbocycles. The normalized spacial score (nSPS) is 15.1. The molecule has 0 fully saturated rings. The summed E-state index contributed by atoms with van der Waals surface area (Å²) >= 11 is 0. The van der Waals surface area contributed by atoms with Crippen LogP contribution in [0.3, 0.4) is 0 Å². The largest absolute Gasteiger partial charge is 0.456 e. The molecule has 2 rings (SSSR count). The highest BCUT2D eigenvalue weighted by atomic mass is 16.6. The predicted molar refractivity (Wildman–Crippen MR) is 71.8 cm³/mol. The van der Waals surface area contributed by atoms with E-state index in [2.05, 4.69) is 11.4 Å². The number of hydrogen-bond acceptors (Lipinski definition) is 3. The van der Waals surface area contributed by atoms with E-state index in [0.717, 1.165) is 30.6 Å². The second-order valence-corrected chi connectivity index (χ2v) is 5.88. The Labute approximate surface area is 109 Å². The van der Waals surface area contributed by atoms with Gasteiger partial charge in [-0.25, -0.2) is 4.79 Å². The standard InChI is InChI=1S/C15H21NO2/c1-10-7-11-5-6-16-9-13(11)12(8-10)14(17)18-15(2,3)4/h7-8,16H,5-6,9H2,1-4H3. The van der Waals surface area contributed by atoms with Crippen molar-refractivity contribution in [3.8, 4) is 0 Å². The SMILES string of the molecule is Cc1cc2c(c(C(=O)OC(C)(C)C)c1)CNCC2. The Balaban J connectivity index is 2.38. The number of nitrogens with one attached hydrogen (secondary N) is 1. The minimum atomic E-state index is -0.449. The Bertz CT molecular complexity index is 472. The van der Waals surface area contributed by atoms with E-state index in [4.69, 9.17) is 4.74 Å². The van der Waals surface area contributed by atoms with Crippen LogP contribution in [0.1, 0.15) is 47.8 Å². The minimum absolute atomic E-state index is 0.217. The van der Waals surface area contributed by atoms with Gasteiger partial charge in [0.2, 0.25) is 0 Å². The molecule has 0 saturated carbocycles. The summed E-state index contributed by atoms with van der Waals surface area (Å²) < 4.78 is 5.48. The quantitative estimate of drug-likeness (QED) is 0.775. The molecule has 0 saturated heterocycles. The first-order chi connectivity index (χ1) is 8.37. The molecule has 98 valence electrons. The average molecular weight is 247 g/mol. The van der Waals surface area contributed by atoms with Gasteiger partial charge in [-0.15, -0.1) is 0 Å². The predicted octanol–water partition coefficient (Wildman–Crippen LogP) is 2.60. The lowest BCUT2D eigenvalue weighted by Crippen LogP contribution is -2.29. The molecule has 1 aliphatic heterocycles. The van der Waals surface area contributed by atoms with Crippen LogP contribution in [0.4, 0.5) is 0 Å². The van der Waals surface area contributed by atoms with Gasteiger partial charge < -0.3 is 10.1 Å². The Hall–Kier alpha value is -1.35. The molecule has 0 radical (unpaired) electrons. The van der Waals surface area contributed by atoms with Crippen molar-refractivity contribution in [2.45, 2.75) is 46.3 Å². The molecule has 0 atom stereocenters. The molecule has 0 aromatic heterocycles. The number of ether oxygens (including phenoxy) is 1. The molecule has 1 aromatic carbocycles. The van der Waals surface area contributed by atoms with Crippen LogP contribution >= 0.6 is 0 Å². The summed E-state index contributed by atoms with van der Waals surface area (Å²) in [6.45, 7) is 9.44. The maximum absolute atomic E-state index is 12.2. The molecular weight excluding hydrogens is 226 g/mol. The molecule has 1 N–H and O–H groups in total. The zero-order valence-corrected chi connectivity index (χ0v) is 11.6. The van der Waals surface area contributed by atoms with Crippen LogP contribution in [0.25, 0.3) is 0 Å². The highest BCUT2D eigenvalue weighted by molar-refractivity contribution is 5.92. The maximum atomic E-state index is 12.2. The fourth-order valence-corrected chi connectivity index (χ4v) is 2.27. The van der Waals surface area contributed by atoms with Gasteiger partial charge in [0.1, 0.15) is 5.60 Å². The summed E-state index contributed by atoms with van der Waals surface area (Å²) in [7, 11) is 0. The second kappa shape index (κ2) is 4.73. The van der Waals surface area contributed by atoms with Crippen molar-refractivity contribution < 1.29 is 9.53 Å². The third kappa shape index (κ3) is 2.91. The fraction of sp³-hybridized carbons (Fsp3) is 0.533. The number of rotatable bonds is 1. The van der Waals surface area contributed by atoms with Gasteiger partial charge in [-0.1, -0.05) is 6.07 Å². The van der Waals surface area contributed by atoms with Crippen LogP contribution in [0, 0.1) is 6.92 Å². The molecular formula is C15H21NO2. The first kappa shape index (κ1) is 13.1. The van der Waals surface area contributed by atoms with Crippen LogP contribution in [0.2, 0.25) is 0 Å². The molecule has 18 heavy (non-hydrogen) atoms. The van der Waals surface area contributed by atoms with Crippen molar-refractivity contribution >= 4 is 5.97 Å². The van der Waals surface area contributed by atoms with Crippen LogP contribution in [-0.4, -0.2) is 18.1 Å². The first-order valence-corrected chi connectivity index (χ1v) is 6.43. The van der Waals surface area contributed by atoms with Crippen molar-refractivity contribution in [2.24, 2.45) is 0 Å². The molecule has 0 amide bonds. The lowest BCUT2D eigenvalue weighted by atomic mass is 9.93. The molecule has 0 spiro atoms. The minimum Gasteiger partial charge on any atom is -0.456 e. The highest BCUT2D eigenvalue weighted by Gasteiger charge is 2.23. The summed E-state index contributed by atoms with van der Waals surface area (Å²) in [4.78, 5) is 12.2. The van der Waals surface area contributed by atoms with Gasteiger partial charge >= 0.3 is 5.97 Å². The summed E-state index contributed by atoms with van der Waals surface area (Å²) in [6, 6.07) is 4.10. The van der Waals surface area contributed by atoms with E-state index in [-0.39, 0.29) is 5.97 Å². The van der Waals surface area contributed by atoms with Crippen molar-refractivity contribution in [3.05, 3.63) is 34.4 Å².